The van der Waals surface area contributed by atoms with Crippen LogP contribution in [0.1, 0.15) is 45.9 Å². The van der Waals surface area contributed by atoms with Crippen LogP contribution in [0, 0.1) is 0 Å². The molecule has 0 atom stereocenters. The molecule has 0 unspecified atom stereocenters. The van der Waals surface area contributed by atoms with Gasteiger partial charge in [-0.1, -0.05) is 26.3 Å². The number of nitrogens with zero attached hydrogens (tertiary/aromatic N) is 5. The van der Waals surface area contributed by atoms with Gasteiger partial charge in [0, 0.05) is 13.1 Å². The molecule has 0 aliphatic rings. The van der Waals surface area contributed by atoms with Crippen molar-refractivity contribution in [2.45, 2.75) is 53.1 Å². The van der Waals surface area contributed by atoms with E-state index in [-0.39, 0.29) is 37.0 Å². The van der Waals surface area contributed by atoms with Crippen LogP contribution >= 0.6 is 11.3 Å². The van der Waals surface area contributed by atoms with Gasteiger partial charge in [-0.2, -0.15) is 0 Å². The van der Waals surface area contributed by atoms with Crippen molar-refractivity contribution in [2.24, 2.45) is 0 Å². The van der Waals surface area contributed by atoms with Gasteiger partial charge in [-0.05, 0) is 37.8 Å². The Morgan fingerprint density at radius 3 is 2.68 bits per heavy atom. The molecule has 3 heterocycles. The Balaban J connectivity index is 1.81. The number of likely N-dealkylation sites (N-methyl/N-ethyl adjacent to an activating group) is 1. The molecule has 0 aromatic carbocycles. The fourth-order valence-electron chi connectivity index (χ4n) is 3.65. The highest BCUT2D eigenvalue weighted by Gasteiger charge is 2.25. The van der Waals surface area contributed by atoms with Crippen molar-refractivity contribution in [2.75, 3.05) is 30.3 Å². The first-order valence-corrected chi connectivity index (χ1v) is 12.3. The number of nitrogen functional groups attached to an aromatic ring is 1. The molecule has 34 heavy (non-hydrogen) atoms. The Labute approximate surface area is 201 Å². The highest BCUT2D eigenvalue weighted by molar-refractivity contribution is 7.13. The van der Waals surface area contributed by atoms with Gasteiger partial charge in [0.15, 0.2) is 5.69 Å². The van der Waals surface area contributed by atoms with Crippen molar-refractivity contribution >= 4 is 28.7 Å². The third-order valence-electron chi connectivity index (χ3n) is 5.29. The fraction of sp³-hybridized carbons (Fsp3) is 0.500. The van der Waals surface area contributed by atoms with Crippen LogP contribution in [0.5, 0.6) is 0 Å². The highest BCUT2D eigenvalue weighted by atomic mass is 32.1. The van der Waals surface area contributed by atoms with E-state index in [0.29, 0.717) is 24.9 Å². The van der Waals surface area contributed by atoms with E-state index in [1.165, 1.54) is 20.8 Å². The number of unbranched alkanes of at least 4 members (excludes halogenated alkanes) is 1. The summed E-state index contributed by atoms with van der Waals surface area (Å²) in [6.07, 6.45) is 2.38. The number of anilines is 2. The predicted octanol–water partition coefficient (Wildman–Crippen LogP) is 2.30. The molecule has 0 aliphatic heterocycles. The Morgan fingerprint density at radius 1 is 1.24 bits per heavy atom. The summed E-state index contributed by atoms with van der Waals surface area (Å²) in [5, 5.41) is 10.1. The molecule has 12 heteroatoms. The first-order chi connectivity index (χ1) is 16.4. The Hall–Kier alpha value is -3.25. The zero-order chi connectivity index (χ0) is 24.7. The largest absolute Gasteiger partial charge is 0.419 e. The molecule has 3 N–H and O–H groups in total. The number of rotatable bonds is 12. The standard InChI is InChI=1S/C22H31N7O4S/c1-4-7-11-29-19(23)18(20(31)24-22(29)32)28(6-3)17(30)14-27(10-5-2)13-16-25-26-21(33-16)15-9-8-12-34-15/h8-9,12H,4-7,10-11,13-14,23H2,1-3H3,(H,24,31,32). The van der Waals surface area contributed by atoms with Crippen molar-refractivity contribution in [3.8, 4) is 10.8 Å². The minimum atomic E-state index is -0.676. The number of thiophene rings is 1. The van der Waals surface area contributed by atoms with Gasteiger partial charge in [0.05, 0.1) is 18.0 Å². The van der Waals surface area contributed by atoms with Crippen LogP contribution in [0.2, 0.25) is 0 Å². The lowest BCUT2D eigenvalue weighted by Crippen LogP contribution is -2.45. The van der Waals surface area contributed by atoms with Crippen molar-refractivity contribution in [1.82, 2.24) is 24.6 Å². The summed E-state index contributed by atoms with van der Waals surface area (Å²) in [5.74, 6) is 0.526. The van der Waals surface area contributed by atoms with Crippen molar-refractivity contribution < 1.29 is 9.21 Å². The van der Waals surface area contributed by atoms with Crippen LogP contribution in [-0.4, -0.2) is 50.2 Å². The number of hydrogen-bond acceptors (Lipinski definition) is 9. The number of H-pyrrole nitrogens is 1. The molecule has 0 bridgehead atoms. The first-order valence-electron chi connectivity index (χ1n) is 11.4. The van der Waals surface area contributed by atoms with Crippen LogP contribution in [0.4, 0.5) is 11.5 Å². The fourth-order valence-corrected chi connectivity index (χ4v) is 4.30. The second-order valence-corrected chi connectivity index (χ2v) is 8.77. The van der Waals surface area contributed by atoms with Gasteiger partial charge in [-0.15, -0.1) is 21.5 Å². The molecule has 0 radical (unpaired) electrons. The number of aromatic amines is 1. The summed E-state index contributed by atoms with van der Waals surface area (Å²) < 4.78 is 7.08. The third-order valence-corrected chi connectivity index (χ3v) is 6.15. The molecule has 1 amide bonds. The lowest BCUT2D eigenvalue weighted by molar-refractivity contribution is -0.119. The molecule has 0 saturated heterocycles. The Kier molecular flexibility index (Phi) is 8.77. The second-order valence-electron chi connectivity index (χ2n) is 7.83. The zero-order valence-corrected chi connectivity index (χ0v) is 20.6. The van der Waals surface area contributed by atoms with Gasteiger partial charge in [0.2, 0.25) is 11.8 Å². The summed E-state index contributed by atoms with van der Waals surface area (Å²) in [5.41, 5.74) is 4.95. The van der Waals surface area contributed by atoms with E-state index in [4.69, 9.17) is 10.2 Å². The maximum Gasteiger partial charge on any atom is 0.330 e. The molecule has 0 saturated carbocycles. The van der Waals surface area contributed by atoms with Crippen LogP contribution in [0.15, 0.2) is 31.5 Å². The smallest absolute Gasteiger partial charge is 0.330 e. The Morgan fingerprint density at radius 2 is 2.03 bits per heavy atom. The minimum absolute atomic E-state index is 0.00239. The monoisotopic (exact) mass is 489 g/mol. The SMILES string of the molecule is CCCCn1c(N)c(N(CC)C(=O)CN(CCC)Cc2nnc(-c3cccs3)o2)c(=O)[nH]c1=O. The molecule has 11 nitrogen and oxygen atoms in total. The van der Waals surface area contributed by atoms with Gasteiger partial charge in [0.1, 0.15) is 5.82 Å². The van der Waals surface area contributed by atoms with Gasteiger partial charge in [-0.25, -0.2) is 4.79 Å². The number of hydrogen-bond donors (Lipinski definition) is 2. The molecule has 3 aromatic rings. The molecular formula is C22H31N7O4S. The summed E-state index contributed by atoms with van der Waals surface area (Å²) in [4.78, 5) is 44.5. The quantitative estimate of drug-likeness (QED) is 0.394. The molecule has 0 fully saturated rings. The van der Waals surface area contributed by atoms with E-state index in [2.05, 4.69) is 15.2 Å². The maximum atomic E-state index is 13.3. The highest BCUT2D eigenvalue weighted by Crippen LogP contribution is 2.23. The van der Waals surface area contributed by atoms with Crippen molar-refractivity contribution in [3.63, 3.8) is 0 Å². The second kappa shape index (κ2) is 11.7. The number of nitrogens with two attached hydrogens (primary N) is 1. The Bertz CT molecular complexity index is 1200. The van der Waals surface area contributed by atoms with Gasteiger partial charge < -0.3 is 15.1 Å². The van der Waals surface area contributed by atoms with Gasteiger partial charge >= 0.3 is 5.69 Å². The first kappa shape index (κ1) is 25.4. The third kappa shape index (κ3) is 5.81. The topological polar surface area (TPSA) is 143 Å². The van der Waals surface area contributed by atoms with E-state index >= 15 is 0 Å². The summed E-state index contributed by atoms with van der Waals surface area (Å²) >= 11 is 1.50. The van der Waals surface area contributed by atoms with Crippen LogP contribution < -0.4 is 21.9 Å². The molecule has 3 rings (SSSR count). The maximum absolute atomic E-state index is 13.3. The molecule has 184 valence electrons. The molecule has 0 spiro atoms. The van der Waals surface area contributed by atoms with E-state index in [0.717, 1.165) is 24.1 Å². The normalized spacial score (nSPS) is 11.3. The van der Waals surface area contributed by atoms with E-state index in [1.54, 1.807) is 6.92 Å². The number of amides is 1. The lowest BCUT2D eigenvalue weighted by Gasteiger charge is -2.26. The van der Waals surface area contributed by atoms with E-state index in [1.807, 2.05) is 36.3 Å². The average molecular weight is 490 g/mol. The summed E-state index contributed by atoms with van der Waals surface area (Å²) in [6.45, 7) is 7.26. The van der Waals surface area contributed by atoms with Crippen LogP contribution in [0.3, 0.4) is 0 Å². The number of carbonyl (C=O) groups is 1. The van der Waals surface area contributed by atoms with E-state index < -0.39 is 11.2 Å². The molecule has 0 aliphatic carbocycles. The van der Waals surface area contributed by atoms with Crippen molar-refractivity contribution in [1.29, 1.82) is 0 Å². The number of nitrogens with one attached hydrogen (secondary N) is 1. The molecular weight excluding hydrogens is 458 g/mol. The summed E-state index contributed by atoms with van der Waals surface area (Å²) in [6, 6.07) is 3.81. The number of aromatic nitrogens is 4. The minimum Gasteiger partial charge on any atom is -0.419 e. The van der Waals surface area contributed by atoms with Crippen LogP contribution in [-0.2, 0) is 17.9 Å². The van der Waals surface area contributed by atoms with Crippen molar-refractivity contribution in [3.05, 3.63) is 44.2 Å². The predicted molar refractivity (Wildman–Crippen MR) is 132 cm³/mol. The van der Waals surface area contributed by atoms with Gasteiger partial charge in [0.25, 0.3) is 11.4 Å². The summed E-state index contributed by atoms with van der Waals surface area (Å²) in [7, 11) is 0. The average Bonchev–Trinajstić information content (AvgIpc) is 3.48. The zero-order valence-electron chi connectivity index (χ0n) is 19.7. The van der Waals surface area contributed by atoms with E-state index in [9.17, 15) is 14.4 Å². The van der Waals surface area contributed by atoms with Crippen LogP contribution in [0.25, 0.3) is 10.8 Å². The lowest BCUT2D eigenvalue weighted by atomic mass is 10.3. The van der Waals surface area contributed by atoms with Gasteiger partial charge in [-0.3, -0.25) is 24.0 Å². The molecule has 3 aromatic heterocycles. The number of carbonyl (C=O) groups excluding carboxylic acids is 1.